The third-order valence-electron chi connectivity index (χ3n) is 1.23. The van der Waals surface area contributed by atoms with E-state index in [4.69, 9.17) is 9.68 Å². The van der Waals surface area contributed by atoms with Gasteiger partial charge in [0, 0.05) is 6.32 Å². The Morgan fingerprint density at radius 2 is 2.20 bits per heavy atom. The second kappa shape index (κ2) is 6.93. The van der Waals surface area contributed by atoms with Crippen molar-refractivity contribution >= 4 is 17.5 Å². The molecular formula is C6H14BNO6S. The molecule has 3 N–H and O–H groups in total. The molecule has 0 aliphatic rings. The molecule has 0 aliphatic carbocycles. The predicted octanol–water partition coefficient (Wildman–Crippen LogP) is -0.789. The molecule has 0 aliphatic heterocycles. The van der Waals surface area contributed by atoms with Crippen LogP contribution in [0.4, 0.5) is 0 Å². The van der Waals surface area contributed by atoms with E-state index in [0.29, 0.717) is 0 Å². The summed E-state index contributed by atoms with van der Waals surface area (Å²) in [7, 11) is -5.27. The Hall–Kier alpha value is -0.445. The Bertz CT molecular complexity index is 292. The SMILES string of the molecule is C=C(C)COB(O)CCOS(=O)(=O)ON. The van der Waals surface area contributed by atoms with E-state index >= 15 is 0 Å². The number of rotatable bonds is 8. The summed E-state index contributed by atoms with van der Waals surface area (Å²) in [5.41, 5.74) is 0.743. The van der Waals surface area contributed by atoms with E-state index in [2.05, 4.69) is 20.9 Å². The summed E-state index contributed by atoms with van der Waals surface area (Å²) in [5, 5.41) is 9.16. The highest BCUT2D eigenvalue weighted by molar-refractivity contribution is 7.81. The van der Waals surface area contributed by atoms with Crippen LogP contribution in [-0.2, 0) is 23.5 Å². The van der Waals surface area contributed by atoms with Crippen LogP contribution in [0.2, 0.25) is 6.32 Å². The van der Waals surface area contributed by atoms with Gasteiger partial charge in [-0.3, -0.25) is 0 Å². The van der Waals surface area contributed by atoms with Crippen LogP contribution >= 0.6 is 0 Å². The van der Waals surface area contributed by atoms with Gasteiger partial charge in [-0.1, -0.05) is 12.2 Å². The van der Waals surface area contributed by atoms with E-state index in [9.17, 15) is 8.42 Å². The van der Waals surface area contributed by atoms with Gasteiger partial charge in [-0.15, -0.1) is 0 Å². The Morgan fingerprint density at radius 1 is 1.60 bits per heavy atom. The number of nitrogens with two attached hydrogens (primary N) is 1. The van der Waals surface area contributed by atoms with Crippen LogP contribution in [0.1, 0.15) is 6.92 Å². The molecule has 0 spiro atoms. The summed E-state index contributed by atoms with van der Waals surface area (Å²) < 4.78 is 33.7. The lowest BCUT2D eigenvalue weighted by atomic mass is 9.86. The molecule has 0 aromatic rings. The third-order valence-corrected chi connectivity index (χ3v) is 1.92. The zero-order chi connectivity index (χ0) is 11.9. The summed E-state index contributed by atoms with van der Waals surface area (Å²) in [6, 6.07) is 0. The molecule has 0 aromatic carbocycles. The quantitative estimate of drug-likeness (QED) is 0.324. The highest BCUT2D eigenvalue weighted by atomic mass is 32.3. The van der Waals surface area contributed by atoms with Crippen LogP contribution in [0.15, 0.2) is 12.2 Å². The highest BCUT2D eigenvalue weighted by Crippen LogP contribution is 1.99. The summed E-state index contributed by atoms with van der Waals surface area (Å²) >= 11 is 0. The average Bonchev–Trinajstić information content (AvgIpc) is 2.14. The molecule has 0 rings (SSSR count). The summed E-state index contributed by atoms with van der Waals surface area (Å²) in [6.07, 6.45) is -0.0180. The van der Waals surface area contributed by atoms with E-state index in [1.807, 2.05) is 0 Å². The zero-order valence-electron chi connectivity index (χ0n) is 8.38. The van der Waals surface area contributed by atoms with Crippen molar-refractivity contribution < 1.29 is 26.6 Å². The van der Waals surface area contributed by atoms with E-state index < -0.39 is 17.5 Å². The van der Waals surface area contributed by atoms with Crippen molar-refractivity contribution in [1.82, 2.24) is 0 Å². The summed E-state index contributed by atoms with van der Waals surface area (Å²) in [5.74, 6) is 4.40. The van der Waals surface area contributed by atoms with Crippen molar-refractivity contribution in [1.29, 1.82) is 0 Å². The predicted molar refractivity (Wildman–Crippen MR) is 53.7 cm³/mol. The molecule has 0 saturated heterocycles. The second-order valence-corrected chi connectivity index (χ2v) is 4.08. The van der Waals surface area contributed by atoms with Gasteiger partial charge in [0.25, 0.3) is 0 Å². The minimum absolute atomic E-state index is 0.0180. The van der Waals surface area contributed by atoms with E-state index in [1.165, 1.54) is 0 Å². The maximum atomic E-state index is 10.5. The van der Waals surface area contributed by atoms with Gasteiger partial charge in [0.15, 0.2) is 0 Å². The van der Waals surface area contributed by atoms with Crippen molar-refractivity contribution in [2.75, 3.05) is 13.2 Å². The highest BCUT2D eigenvalue weighted by Gasteiger charge is 2.16. The molecular weight excluding hydrogens is 225 g/mol. The van der Waals surface area contributed by atoms with Crippen molar-refractivity contribution in [2.45, 2.75) is 13.2 Å². The fourth-order valence-corrected chi connectivity index (χ4v) is 0.956. The van der Waals surface area contributed by atoms with Crippen LogP contribution in [0.25, 0.3) is 0 Å². The van der Waals surface area contributed by atoms with Gasteiger partial charge in [0.2, 0.25) is 0 Å². The molecule has 15 heavy (non-hydrogen) atoms. The smallest absolute Gasteiger partial charge is 0.427 e. The lowest BCUT2D eigenvalue weighted by molar-refractivity contribution is 0.217. The van der Waals surface area contributed by atoms with Crippen molar-refractivity contribution in [3.63, 3.8) is 0 Å². The molecule has 7 nitrogen and oxygen atoms in total. The third kappa shape index (κ3) is 8.54. The summed E-state index contributed by atoms with van der Waals surface area (Å²) in [4.78, 5) is 0. The van der Waals surface area contributed by atoms with Crippen molar-refractivity contribution in [2.24, 2.45) is 5.90 Å². The van der Waals surface area contributed by atoms with Gasteiger partial charge in [-0.05, 0) is 6.92 Å². The molecule has 0 saturated carbocycles. The maximum absolute atomic E-state index is 10.5. The maximum Gasteiger partial charge on any atom is 0.456 e. The van der Waals surface area contributed by atoms with Gasteiger partial charge in [0.1, 0.15) is 0 Å². The molecule has 88 valence electrons. The molecule has 0 aromatic heterocycles. The second-order valence-electron chi connectivity index (χ2n) is 2.84. The normalized spacial score (nSPS) is 11.4. The first-order valence-electron chi connectivity index (χ1n) is 4.09. The summed E-state index contributed by atoms with van der Waals surface area (Å²) in [6.45, 7) is 5.21. The van der Waals surface area contributed by atoms with E-state index in [-0.39, 0.29) is 19.5 Å². The Labute approximate surface area is 89.2 Å². The Morgan fingerprint density at radius 3 is 2.67 bits per heavy atom. The molecule has 0 heterocycles. The molecule has 0 bridgehead atoms. The van der Waals surface area contributed by atoms with Crippen molar-refractivity contribution in [3.05, 3.63) is 12.2 Å². The first kappa shape index (κ1) is 14.6. The standard InChI is InChI=1S/C6H14BNO6S/c1-6(2)5-12-7(9)3-4-13-15(10,11)14-8/h9H,1,3-5,8H2,2H3. The van der Waals surface area contributed by atoms with Crippen LogP contribution < -0.4 is 5.90 Å². The monoisotopic (exact) mass is 239 g/mol. The number of hydrogen-bond donors (Lipinski definition) is 2. The first-order chi connectivity index (χ1) is 6.87. The Kier molecular flexibility index (Phi) is 6.73. The van der Waals surface area contributed by atoms with Gasteiger partial charge in [-0.2, -0.15) is 18.6 Å². The molecule has 0 radical (unpaired) electrons. The zero-order valence-corrected chi connectivity index (χ0v) is 9.20. The molecule has 0 amide bonds. The van der Waals surface area contributed by atoms with Crippen LogP contribution in [0.5, 0.6) is 0 Å². The lowest BCUT2D eigenvalue weighted by Gasteiger charge is -2.07. The van der Waals surface area contributed by atoms with Gasteiger partial charge in [-0.25, -0.2) is 4.18 Å². The largest absolute Gasteiger partial charge is 0.456 e. The fraction of sp³-hybridized carbons (Fsp3) is 0.667. The van der Waals surface area contributed by atoms with E-state index in [1.54, 1.807) is 6.92 Å². The lowest BCUT2D eigenvalue weighted by Crippen LogP contribution is -2.23. The van der Waals surface area contributed by atoms with Crippen LogP contribution in [0, 0.1) is 0 Å². The van der Waals surface area contributed by atoms with Gasteiger partial charge >= 0.3 is 17.5 Å². The molecule has 0 unspecified atom stereocenters. The molecule has 9 heteroatoms. The fourth-order valence-electron chi connectivity index (χ4n) is 0.601. The molecule has 0 atom stereocenters. The van der Waals surface area contributed by atoms with E-state index in [0.717, 1.165) is 5.57 Å². The Balaban J connectivity index is 3.64. The molecule has 0 fully saturated rings. The van der Waals surface area contributed by atoms with Crippen molar-refractivity contribution in [3.8, 4) is 0 Å². The van der Waals surface area contributed by atoms with Gasteiger partial charge in [0.05, 0.1) is 13.2 Å². The average molecular weight is 239 g/mol. The van der Waals surface area contributed by atoms with Crippen LogP contribution in [-0.4, -0.2) is 33.8 Å². The first-order valence-corrected chi connectivity index (χ1v) is 5.42. The van der Waals surface area contributed by atoms with Crippen LogP contribution in [0.3, 0.4) is 0 Å². The number of hydrogen-bond acceptors (Lipinski definition) is 7. The van der Waals surface area contributed by atoms with Gasteiger partial charge < -0.3 is 9.68 Å². The minimum atomic E-state index is -4.15. The minimum Gasteiger partial charge on any atom is -0.427 e. The topological polar surface area (TPSA) is 108 Å².